The zero-order valence-corrected chi connectivity index (χ0v) is 23.8. The molecule has 0 aliphatic heterocycles. The Morgan fingerprint density at radius 3 is 2.27 bits per heavy atom. The van der Waals surface area contributed by atoms with Gasteiger partial charge in [0.25, 0.3) is 0 Å². The van der Waals surface area contributed by atoms with Crippen LogP contribution in [0, 0.1) is 6.92 Å². The van der Waals surface area contributed by atoms with Crippen LogP contribution >= 0.6 is 0 Å². The molecule has 2 aromatic carbocycles. The minimum Gasteiger partial charge on any atom is -0.383 e. The lowest BCUT2D eigenvalue weighted by atomic mass is 10.0. The minimum absolute atomic E-state index is 0.144. The summed E-state index contributed by atoms with van der Waals surface area (Å²) in [6, 6.07) is 24.8. The van der Waals surface area contributed by atoms with E-state index in [1.54, 1.807) is 48.6 Å². The number of methoxy groups -OCH3 is 1. The first-order chi connectivity index (χ1) is 19.9. The number of amides is 2. The van der Waals surface area contributed by atoms with Crippen molar-refractivity contribution in [2.75, 3.05) is 27.3 Å². The molecule has 0 N–H and O–H groups in total. The van der Waals surface area contributed by atoms with E-state index in [9.17, 15) is 9.59 Å². The van der Waals surface area contributed by atoms with Crippen LogP contribution in [0.4, 0.5) is 0 Å². The van der Waals surface area contributed by atoms with Crippen LogP contribution in [-0.2, 0) is 27.3 Å². The Balaban J connectivity index is 1.68. The van der Waals surface area contributed by atoms with Crippen molar-refractivity contribution in [1.82, 2.24) is 19.8 Å². The van der Waals surface area contributed by atoms with Crippen LogP contribution in [0.1, 0.15) is 22.4 Å². The molecule has 0 bridgehead atoms. The SMILES string of the molecule is COCCN(C)C(=O)[C@H](Cc1ccccc1)N(Cc1ccc(-c2ccncc2)cc1)C(=O)C=Cc1ccc(C)cn1. The Morgan fingerprint density at radius 2 is 1.61 bits per heavy atom. The van der Waals surface area contributed by atoms with E-state index in [1.165, 1.54) is 6.08 Å². The van der Waals surface area contributed by atoms with Crippen LogP contribution in [0.3, 0.4) is 0 Å². The molecule has 0 radical (unpaired) electrons. The predicted octanol–water partition coefficient (Wildman–Crippen LogP) is 5.21. The first-order valence-electron chi connectivity index (χ1n) is 13.6. The number of benzene rings is 2. The highest BCUT2D eigenvalue weighted by Crippen LogP contribution is 2.21. The van der Waals surface area contributed by atoms with Gasteiger partial charge in [0.15, 0.2) is 0 Å². The Morgan fingerprint density at radius 1 is 0.902 bits per heavy atom. The summed E-state index contributed by atoms with van der Waals surface area (Å²) >= 11 is 0. The molecule has 210 valence electrons. The molecule has 41 heavy (non-hydrogen) atoms. The van der Waals surface area contributed by atoms with Crippen LogP contribution in [0.5, 0.6) is 0 Å². The molecule has 2 amide bonds. The summed E-state index contributed by atoms with van der Waals surface area (Å²) in [4.78, 5) is 39.5. The molecule has 0 spiro atoms. The normalized spacial score (nSPS) is 11.8. The number of hydrogen-bond donors (Lipinski definition) is 0. The third kappa shape index (κ3) is 8.43. The van der Waals surface area contributed by atoms with Gasteiger partial charge in [-0.15, -0.1) is 0 Å². The molecule has 0 fully saturated rings. The van der Waals surface area contributed by atoms with Crippen LogP contribution in [0.25, 0.3) is 17.2 Å². The third-order valence-corrected chi connectivity index (χ3v) is 6.87. The lowest BCUT2D eigenvalue weighted by molar-refractivity contribution is -0.143. The van der Waals surface area contributed by atoms with Crippen molar-refractivity contribution in [3.05, 3.63) is 126 Å². The maximum Gasteiger partial charge on any atom is 0.247 e. The Hall–Kier alpha value is -4.62. The molecule has 4 rings (SSSR count). The fraction of sp³-hybridized carbons (Fsp3) is 0.235. The number of pyridine rings is 2. The molecule has 0 aliphatic carbocycles. The number of hydrogen-bond acceptors (Lipinski definition) is 5. The van der Waals surface area contributed by atoms with Gasteiger partial charge in [0, 0.05) is 58.3 Å². The first kappa shape index (κ1) is 29.4. The molecule has 0 saturated heterocycles. The number of nitrogens with zero attached hydrogens (tertiary/aromatic N) is 4. The minimum atomic E-state index is -0.720. The van der Waals surface area contributed by atoms with Crippen molar-refractivity contribution < 1.29 is 14.3 Å². The quantitative estimate of drug-likeness (QED) is 0.227. The highest BCUT2D eigenvalue weighted by molar-refractivity contribution is 5.95. The van der Waals surface area contributed by atoms with Crippen molar-refractivity contribution in [3.8, 4) is 11.1 Å². The number of carbonyl (C=O) groups is 2. The van der Waals surface area contributed by atoms with Gasteiger partial charge in [0.1, 0.15) is 6.04 Å². The van der Waals surface area contributed by atoms with Gasteiger partial charge in [0.05, 0.1) is 12.3 Å². The van der Waals surface area contributed by atoms with E-state index < -0.39 is 6.04 Å². The highest BCUT2D eigenvalue weighted by atomic mass is 16.5. The summed E-state index contributed by atoms with van der Waals surface area (Å²) in [5.41, 5.74) is 5.72. The second-order valence-electron chi connectivity index (χ2n) is 9.95. The van der Waals surface area contributed by atoms with Gasteiger partial charge >= 0.3 is 0 Å². The lowest BCUT2D eigenvalue weighted by Crippen LogP contribution is -2.51. The first-order valence-corrected chi connectivity index (χ1v) is 13.6. The van der Waals surface area contributed by atoms with Crippen molar-refractivity contribution >= 4 is 17.9 Å². The zero-order chi connectivity index (χ0) is 29.0. The largest absolute Gasteiger partial charge is 0.383 e. The van der Waals surface area contributed by atoms with E-state index in [1.807, 2.05) is 85.8 Å². The summed E-state index contributed by atoms with van der Waals surface area (Å²) in [5, 5.41) is 0. The second-order valence-corrected chi connectivity index (χ2v) is 9.95. The van der Waals surface area contributed by atoms with Gasteiger partial charge in [-0.1, -0.05) is 60.7 Å². The molecule has 2 aromatic heterocycles. The predicted molar refractivity (Wildman–Crippen MR) is 162 cm³/mol. The van der Waals surface area contributed by atoms with Gasteiger partial charge in [-0.2, -0.15) is 0 Å². The fourth-order valence-electron chi connectivity index (χ4n) is 4.48. The van der Waals surface area contributed by atoms with E-state index in [4.69, 9.17) is 4.74 Å². The number of aryl methyl sites for hydroxylation is 1. The molecule has 0 aliphatic rings. The zero-order valence-electron chi connectivity index (χ0n) is 23.8. The molecule has 0 unspecified atom stereocenters. The maximum absolute atomic E-state index is 13.9. The van der Waals surface area contributed by atoms with Crippen LogP contribution in [0.15, 0.2) is 104 Å². The van der Waals surface area contributed by atoms with Gasteiger partial charge in [-0.25, -0.2) is 0 Å². The van der Waals surface area contributed by atoms with Gasteiger partial charge < -0.3 is 14.5 Å². The molecular formula is C34H36N4O3. The summed E-state index contributed by atoms with van der Waals surface area (Å²) in [7, 11) is 3.35. The number of aromatic nitrogens is 2. The monoisotopic (exact) mass is 548 g/mol. The standard InChI is InChI=1S/C34H36N4O3/c1-26-9-14-31(36-24-26)15-16-33(39)38(25-28-10-12-29(13-11-28)30-17-19-35-20-18-30)32(23-27-7-5-4-6-8-27)34(40)37(2)21-22-41-3/h4-20,24,32H,21-23,25H2,1-3H3/t32-/m0/s1. The van der Waals surface area contributed by atoms with Gasteiger partial charge in [-0.05, 0) is 59.0 Å². The number of likely N-dealkylation sites (N-methyl/N-ethyl adjacent to an activating group) is 1. The van der Waals surface area contributed by atoms with E-state index in [-0.39, 0.29) is 18.4 Å². The van der Waals surface area contributed by atoms with Crippen molar-refractivity contribution in [1.29, 1.82) is 0 Å². The molecular weight excluding hydrogens is 512 g/mol. The second kappa shape index (κ2) is 14.7. The van der Waals surface area contributed by atoms with Gasteiger partial charge in [-0.3, -0.25) is 19.6 Å². The summed E-state index contributed by atoms with van der Waals surface area (Å²) in [5.74, 6) is -0.408. The Labute approximate surface area is 242 Å². The van der Waals surface area contributed by atoms with Crippen molar-refractivity contribution in [2.24, 2.45) is 0 Å². The maximum atomic E-state index is 13.9. The number of rotatable bonds is 12. The topological polar surface area (TPSA) is 75.6 Å². The third-order valence-electron chi connectivity index (χ3n) is 6.87. The van der Waals surface area contributed by atoms with Crippen molar-refractivity contribution in [3.63, 3.8) is 0 Å². The van der Waals surface area contributed by atoms with Gasteiger partial charge in [0.2, 0.25) is 11.8 Å². The lowest BCUT2D eigenvalue weighted by Gasteiger charge is -2.33. The summed E-state index contributed by atoms with van der Waals surface area (Å²) in [6.07, 6.45) is 8.87. The average molecular weight is 549 g/mol. The van der Waals surface area contributed by atoms with Crippen LogP contribution in [-0.4, -0.2) is 64.9 Å². The fourth-order valence-corrected chi connectivity index (χ4v) is 4.48. The molecule has 7 nitrogen and oxygen atoms in total. The van der Waals surface area contributed by atoms with Crippen LogP contribution in [0.2, 0.25) is 0 Å². The molecule has 2 heterocycles. The van der Waals surface area contributed by atoms with E-state index in [0.717, 1.165) is 27.8 Å². The molecule has 7 heteroatoms. The molecule has 1 atom stereocenters. The average Bonchev–Trinajstić information content (AvgIpc) is 3.02. The van der Waals surface area contributed by atoms with Crippen LogP contribution < -0.4 is 0 Å². The van der Waals surface area contributed by atoms with E-state index in [2.05, 4.69) is 9.97 Å². The Bertz CT molecular complexity index is 1420. The molecule has 4 aromatic rings. The smallest absolute Gasteiger partial charge is 0.247 e. The summed E-state index contributed by atoms with van der Waals surface area (Å²) in [6.45, 7) is 3.06. The van der Waals surface area contributed by atoms with E-state index in [0.29, 0.717) is 25.3 Å². The summed E-state index contributed by atoms with van der Waals surface area (Å²) < 4.78 is 5.21. The van der Waals surface area contributed by atoms with E-state index >= 15 is 0 Å². The Kier molecular flexibility index (Phi) is 10.5. The number of carbonyl (C=O) groups excluding carboxylic acids is 2. The number of ether oxygens (including phenoxy) is 1. The highest BCUT2D eigenvalue weighted by Gasteiger charge is 2.31. The van der Waals surface area contributed by atoms with Crippen molar-refractivity contribution in [2.45, 2.75) is 25.9 Å². The molecule has 0 saturated carbocycles.